The third-order valence-corrected chi connectivity index (χ3v) is 3.19. The van der Waals surface area contributed by atoms with Crippen molar-refractivity contribution < 1.29 is 4.92 Å². The van der Waals surface area contributed by atoms with E-state index in [1.807, 2.05) is 13.0 Å². The van der Waals surface area contributed by atoms with Gasteiger partial charge in [-0.1, -0.05) is 0 Å². The van der Waals surface area contributed by atoms with Crippen molar-refractivity contribution in [2.24, 2.45) is 0 Å². The van der Waals surface area contributed by atoms with Gasteiger partial charge in [0.1, 0.15) is 0 Å². The van der Waals surface area contributed by atoms with E-state index in [4.69, 9.17) is 0 Å². The van der Waals surface area contributed by atoms with Gasteiger partial charge in [-0.15, -0.1) is 0 Å². The van der Waals surface area contributed by atoms with Crippen LogP contribution in [0.4, 0.5) is 11.4 Å². The molecule has 18 heavy (non-hydrogen) atoms. The number of benzene rings is 1. The molecule has 5 nitrogen and oxygen atoms in total. The zero-order valence-electron chi connectivity index (χ0n) is 11.1. The zero-order valence-corrected chi connectivity index (χ0v) is 11.1. The molecule has 1 aliphatic heterocycles. The zero-order chi connectivity index (χ0) is 13.3. The summed E-state index contributed by atoms with van der Waals surface area (Å²) >= 11 is 0. The molecule has 0 spiro atoms. The van der Waals surface area contributed by atoms with Gasteiger partial charge in [-0.3, -0.25) is 10.1 Å². The SMILES string of the molecule is Cc1cc(N2CCNC(C)(C)C2)cc([N+](=O)[O-])c1. The van der Waals surface area contributed by atoms with Crippen LogP contribution in [0, 0.1) is 17.0 Å². The quantitative estimate of drug-likeness (QED) is 0.644. The first-order valence-electron chi connectivity index (χ1n) is 6.13. The first-order valence-corrected chi connectivity index (χ1v) is 6.13. The van der Waals surface area contributed by atoms with Crippen LogP contribution < -0.4 is 10.2 Å². The molecular weight excluding hydrogens is 230 g/mol. The second kappa shape index (κ2) is 4.57. The minimum Gasteiger partial charge on any atom is -0.368 e. The molecule has 0 amide bonds. The van der Waals surface area contributed by atoms with Crippen LogP contribution in [-0.4, -0.2) is 30.1 Å². The van der Waals surface area contributed by atoms with Crippen molar-refractivity contribution in [3.05, 3.63) is 33.9 Å². The highest BCUT2D eigenvalue weighted by Crippen LogP contribution is 2.26. The van der Waals surface area contributed by atoms with Gasteiger partial charge in [0.15, 0.2) is 0 Å². The molecule has 0 saturated carbocycles. The Morgan fingerprint density at radius 1 is 1.39 bits per heavy atom. The summed E-state index contributed by atoms with van der Waals surface area (Å²) in [7, 11) is 0. The molecule has 5 heteroatoms. The number of nitrogens with zero attached hydrogens (tertiary/aromatic N) is 2. The highest BCUT2D eigenvalue weighted by Gasteiger charge is 2.26. The van der Waals surface area contributed by atoms with Crippen LogP contribution in [0.3, 0.4) is 0 Å². The van der Waals surface area contributed by atoms with Gasteiger partial charge in [-0.25, -0.2) is 0 Å². The lowest BCUT2D eigenvalue weighted by atomic mass is 10.0. The number of hydrogen-bond acceptors (Lipinski definition) is 4. The lowest BCUT2D eigenvalue weighted by molar-refractivity contribution is -0.384. The van der Waals surface area contributed by atoms with Crippen LogP contribution in [-0.2, 0) is 0 Å². The van der Waals surface area contributed by atoms with E-state index in [0.717, 1.165) is 30.9 Å². The van der Waals surface area contributed by atoms with Gasteiger partial charge < -0.3 is 10.2 Å². The number of aryl methyl sites for hydroxylation is 1. The third-order valence-electron chi connectivity index (χ3n) is 3.19. The molecule has 0 bridgehead atoms. The lowest BCUT2D eigenvalue weighted by Gasteiger charge is -2.40. The number of nitro benzene ring substituents is 1. The fraction of sp³-hybridized carbons (Fsp3) is 0.538. The maximum absolute atomic E-state index is 10.9. The van der Waals surface area contributed by atoms with Crippen molar-refractivity contribution in [2.75, 3.05) is 24.5 Å². The first kappa shape index (κ1) is 12.8. The molecule has 0 aromatic heterocycles. The molecule has 1 aromatic carbocycles. The van der Waals surface area contributed by atoms with Crippen LogP contribution >= 0.6 is 0 Å². The predicted molar refractivity (Wildman–Crippen MR) is 72.1 cm³/mol. The predicted octanol–water partition coefficient (Wildman–Crippen LogP) is 2.09. The van der Waals surface area contributed by atoms with Crippen molar-refractivity contribution in [3.63, 3.8) is 0 Å². The van der Waals surface area contributed by atoms with E-state index in [1.165, 1.54) is 0 Å². The number of anilines is 1. The summed E-state index contributed by atoms with van der Waals surface area (Å²) in [4.78, 5) is 12.8. The molecule has 0 aliphatic carbocycles. The van der Waals surface area contributed by atoms with E-state index in [0.29, 0.717) is 0 Å². The molecule has 1 fully saturated rings. The Hall–Kier alpha value is -1.62. The van der Waals surface area contributed by atoms with Crippen molar-refractivity contribution >= 4 is 11.4 Å². The molecule has 1 heterocycles. The van der Waals surface area contributed by atoms with Crippen LogP contribution in [0.2, 0.25) is 0 Å². The summed E-state index contributed by atoms with van der Waals surface area (Å²) in [5.41, 5.74) is 2.07. The Morgan fingerprint density at radius 2 is 2.11 bits per heavy atom. The van der Waals surface area contributed by atoms with Crippen LogP contribution in [0.15, 0.2) is 18.2 Å². The van der Waals surface area contributed by atoms with E-state index >= 15 is 0 Å². The number of piperazine rings is 1. The monoisotopic (exact) mass is 249 g/mol. The molecule has 0 radical (unpaired) electrons. The summed E-state index contributed by atoms with van der Waals surface area (Å²) in [5, 5.41) is 14.3. The fourth-order valence-electron chi connectivity index (χ4n) is 2.39. The van der Waals surface area contributed by atoms with Crippen molar-refractivity contribution in [3.8, 4) is 0 Å². The minimum atomic E-state index is -0.330. The van der Waals surface area contributed by atoms with Crippen LogP contribution in [0.5, 0.6) is 0 Å². The molecule has 1 aromatic rings. The molecule has 0 unspecified atom stereocenters. The van der Waals surface area contributed by atoms with Gasteiger partial charge in [0.05, 0.1) is 4.92 Å². The Bertz CT molecular complexity index is 471. The molecule has 1 saturated heterocycles. The van der Waals surface area contributed by atoms with E-state index < -0.39 is 0 Å². The molecule has 1 aliphatic rings. The van der Waals surface area contributed by atoms with E-state index in [1.54, 1.807) is 12.1 Å². The summed E-state index contributed by atoms with van der Waals surface area (Å²) in [6.07, 6.45) is 0. The Morgan fingerprint density at radius 3 is 2.72 bits per heavy atom. The van der Waals surface area contributed by atoms with Gasteiger partial charge in [-0.05, 0) is 32.4 Å². The van der Waals surface area contributed by atoms with E-state index in [2.05, 4.69) is 24.1 Å². The number of non-ortho nitro benzene ring substituents is 1. The van der Waals surface area contributed by atoms with E-state index in [-0.39, 0.29) is 16.1 Å². The maximum Gasteiger partial charge on any atom is 0.271 e. The van der Waals surface area contributed by atoms with Gasteiger partial charge >= 0.3 is 0 Å². The second-order valence-corrected chi connectivity index (χ2v) is 5.52. The molecule has 98 valence electrons. The van der Waals surface area contributed by atoms with Crippen LogP contribution in [0.25, 0.3) is 0 Å². The lowest BCUT2D eigenvalue weighted by Crippen LogP contribution is -2.57. The Balaban J connectivity index is 2.30. The van der Waals surface area contributed by atoms with Crippen molar-refractivity contribution in [1.29, 1.82) is 0 Å². The van der Waals surface area contributed by atoms with Crippen molar-refractivity contribution in [1.82, 2.24) is 5.32 Å². The first-order chi connectivity index (χ1) is 8.37. The summed E-state index contributed by atoms with van der Waals surface area (Å²) in [6.45, 7) is 8.81. The second-order valence-electron chi connectivity index (χ2n) is 5.52. The number of rotatable bonds is 2. The molecule has 0 atom stereocenters. The smallest absolute Gasteiger partial charge is 0.271 e. The molecule has 1 N–H and O–H groups in total. The average Bonchev–Trinajstić information content (AvgIpc) is 2.26. The Labute approximate surface area is 107 Å². The van der Waals surface area contributed by atoms with E-state index in [9.17, 15) is 10.1 Å². The third kappa shape index (κ3) is 2.79. The van der Waals surface area contributed by atoms with Gasteiger partial charge in [-0.2, -0.15) is 0 Å². The summed E-state index contributed by atoms with van der Waals surface area (Å²) < 4.78 is 0. The van der Waals surface area contributed by atoms with Gasteiger partial charge in [0, 0.05) is 43.0 Å². The summed E-state index contributed by atoms with van der Waals surface area (Å²) in [6, 6.07) is 5.28. The Kier molecular flexibility index (Phi) is 3.26. The largest absolute Gasteiger partial charge is 0.368 e. The summed E-state index contributed by atoms with van der Waals surface area (Å²) in [5.74, 6) is 0. The molecular formula is C13H19N3O2. The number of hydrogen-bond donors (Lipinski definition) is 1. The molecule has 2 rings (SSSR count). The van der Waals surface area contributed by atoms with Gasteiger partial charge in [0.25, 0.3) is 5.69 Å². The highest BCUT2D eigenvalue weighted by molar-refractivity contribution is 5.56. The van der Waals surface area contributed by atoms with Crippen molar-refractivity contribution in [2.45, 2.75) is 26.3 Å². The average molecular weight is 249 g/mol. The fourth-order valence-corrected chi connectivity index (χ4v) is 2.39. The van der Waals surface area contributed by atoms with Crippen LogP contribution in [0.1, 0.15) is 19.4 Å². The normalized spacial score (nSPS) is 18.7. The standard InChI is InChI=1S/C13H19N3O2/c1-10-6-11(8-12(7-10)16(17)18)15-5-4-14-13(2,3)9-15/h6-8,14H,4-5,9H2,1-3H3. The minimum absolute atomic E-state index is 0.0385. The number of nitrogens with one attached hydrogen (secondary N) is 1. The number of nitro groups is 1. The maximum atomic E-state index is 10.9. The highest BCUT2D eigenvalue weighted by atomic mass is 16.6. The topological polar surface area (TPSA) is 58.4 Å². The van der Waals surface area contributed by atoms with Gasteiger partial charge in [0.2, 0.25) is 0 Å².